The zero-order valence-corrected chi connectivity index (χ0v) is 12.9. The molecule has 0 fully saturated rings. The zero-order chi connectivity index (χ0) is 16.3. The van der Waals surface area contributed by atoms with E-state index in [2.05, 4.69) is 9.38 Å². The van der Waals surface area contributed by atoms with Crippen molar-refractivity contribution in [2.45, 2.75) is 4.90 Å². The first-order valence-corrected chi connectivity index (χ1v) is 7.71. The summed E-state index contributed by atoms with van der Waals surface area (Å²) in [6.45, 7) is 0. The molecule has 2 rings (SSSR count). The van der Waals surface area contributed by atoms with E-state index in [-0.39, 0.29) is 16.1 Å². The van der Waals surface area contributed by atoms with Crippen LogP contribution in [0.5, 0.6) is 0 Å². The third kappa shape index (κ3) is 3.59. The first kappa shape index (κ1) is 15.9. The first-order chi connectivity index (χ1) is 10.3. The van der Waals surface area contributed by atoms with Gasteiger partial charge in [0.25, 0.3) is 10.0 Å². The van der Waals surface area contributed by atoms with Crippen LogP contribution in [0.25, 0.3) is 11.1 Å². The van der Waals surface area contributed by atoms with Gasteiger partial charge in [0, 0.05) is 37.1 Å². The Kier molecular flexibility index (Phi) is 4.41. The standard InChI is InChI=1S/C14H15FN4O2S/c1-19(2)9-18-22(20,21)14-6-12(16)3-4-13(14)10-5-11(15)8-17-7-10/h3-9H,16H2,1-2H3. The zero-order valence-electron chi connectivity index (χ0n) is 12.1. The summed E-state index contributed by atoms with van der Waals surface area (Å²) >= 11 is 0. The minimum atomic E-state index is -3.97. The lowest BCUT2D eigenvalue weighted by Gasteiger charge is -2.10. The second-order valence-corrected chi connectivity index (χ2v) is 6.41. The Balaban J connectivity index is 2.63. The van der Waals surface area contributed by atoms with Gasteiger partial charge in [-0.25, -0.2) is 4.39 Å². The van der Waals surface area contributed by atoms with E-state index in [4.69, 9.17) is 5.73 Å². The van der Waals surface area contributed by atoms with E-state index in [0.717, 1.165) is 6.20 Å². The van der Waals surface area contributed by atoms with Crippen molar-refractivity contribution in [2.75, 3.05) is 19.8 Å². The summed E-state index contributed by atoms with van der Waals surface area (Å²) in [7, 11) is -0.675. The number of sulfonamides is 1. The van der Waals surface area contributed by atoms with Gasteiger partial charge in [-0.05, 0) is 18.2 Å². The molecule has 0 atom stereocenters. The van der Waals surface area contributed by atoms with Crippen LogP contribution in [0.3, 0.4) is 0 Å². The molecule has 8 heteroatoms. The molecular formula is C14H15FN4O2S. The van der Waals surface area contributed by atoms with Crippen molar-refractivity contribution in [3.63, 3.8) is 0 Å². The smallest absolute Gasteiger partial charge is 0.284 e. The third-order valence-electron chi connectivity index (χ3n) is 2.72. The summed E-state index contributed by atoms with van der Waals surface area (Å²) in [5.41, 5.74) is 6.56. The minimum Gasteiger partial charge on any atom is -0.399 e. The van der Waals surface area contributed by atoms with Crippen molar-refractivity contribution in [1.82, 2.24) is 9.88 Å². The molecular weight excluding hydrogens is 307 g/mol. The van der Waals surface area contributed by atoms with Gasteiger partial charge in [0.2, 0.25) is 0 Å². The van der Waals surface area contributed by atoms with Crippen molar-refractivity contribution < 1.29 is 12.8 Å². The van der Waals surface area contributed by atoms with Gasteiger partial charge in [0.05, 0.1) is 11.1 Å². The molecule has 0 bridgehead atoms. The second-order valence-electron chi connectivity index (χ2n) is 4.81. The molecule has 0 unspecified atom stereocenters. The third-order valence-corrected chi connectivity index (χ3v) is 3.98. The number of rotatable bonds is 4. The molecule has 0 aliphatic heterocycles. The quantitative estimate of drug-likeness (QED) is 0.526. The summed E-state index contributed by atoms with van der Waals surface area (Å²) in [4.78, 5) is 5.13. The maximum absolute atomic E-state index is 13.3. The van der Waals surface area contributed by atoms with Crippen molar-refractivity contribution >= 4 is 22.0 Å². The van der Waals surface area contributed by atoms with Crippen LogP contribution < -0.4 is 5.73 Å². The lowest BCUT2D eigenvalue weighted by atomic mass is 10.1. The first-order valence-electron chi connectivity index (χ1n) is 6.27. The molecule has 2 aromatic rings. The molecule has 22 heavy (non-hydrogen) atoms. The Morgan fingerprint density at radius 3 is 2.64 bits per heavy atom. The molecule has 116 valence electrons. The van der Waals surface area contributed by atoms with Gasteiger partial charge in [-0.3, -0.25) is 4.98 Å². The molecule has 0 spiro atoms. The lowest BCUT2D eigenvalue weighted by molar-refractivity contribution is 0.595. The van der Waals surface area contributed by atoms with Gasteiger partial charge in [0.1, 0.15) is 12.2 Å². The highest BCUT2D eigenvalue weighted by Crippen LogP contribution is 2.30. The predicted octanol–water partition coefficient (Wildman–Crippen LogP) is 1.75. The Morgan fingerprint density at radius 2 is 2.00 bits per heavy atom. The fraction of sp³-hybridized carbons (Fsp3) is 0.143. The number of hydrogen-bond donors (Lipinski definition) is 1. The summed E-state index contributed by atoms with van der Waals surface area (Å²) < 4.78 is 41.7. The van der Waals surface area contributed by atoms with Gasteiger partial charge in [-0.1, -0.05) is 6.07 Å². The average Bonchev–Trinajstić information content (AvgIpc) is 2.45. The van der Waals surface area contributed by atoms with Gasteiger partial charge >= 0.3 is 0 Å². The van der Waals surface area contributed by atoms with Crippen molar-refractivity contribution in [1.29, 1.82) is 0 Å². The topological polar surface area (TPSA) is 88.7 Å². The second kappa shape index (κ2) is 6.10. The fourth-order valence-corrected chi connectivity index (χ4v) is 2.94. The summed E-state index contributed by atoms with van der Waals surface area (Å²) in [6, 6.07) is 5.54. The van der Waals surface area contributed by atoms with Gasteiger partial charge < -0.3 is 10.6 Å². The molecule has 6 nitrogen and oxygen atoms in total. The van der Waals surface area contributed by atoms with Gasteiger partial charge in [-0.15, -0.1) is 4.40 Å². The van der Waals surface area contributed by atoms with Crippen LogP contribution in [-0.2, 0) is 10.0 Å². The van der Waals surface area contributed by atoms with Crippen LogP contribution >= 0.6 is 0 Å². The molecule has 1 aromatic carbocycles. The van der Waals surface area contributed by atoms with Gasteiger partial charge in [0.15, 0.2) is 0 Å². The predicted molar refractivity (Wildman–Crippen MR) is 83.4 cm³/mol. The van der Waals surface area contributed by atoms with Crippen LogP contribution in [-0.4, -0.2) is 38.7 Å². The number of aromatic nitrogens is 1. The molecule has 0 saturated heterocycles. The number of pyridine rings is 1. The molecule has 0 aliphatic carbocycles. The Morgan fingerprint density at radius 1 is 1.27 bits per heavy atom. The van der Waals surface area contributed by atoms with E-state index < -0.39 is 15.8 Å². The minimum absolute atomic E-state index is 0.0991. The molecule has 0 aliphatic rings. The number of anilines is 1. The lowest BCUT2D eigenvalue weighted by Crippen LogP contribution is -2.10. The van der Waals surface area contributed by atoms with Gasteiger partial charge in [-0.2, -0.15) is 8.42 Å². The molecule has 0 saturated carbocycles. The molecule has 1 aromatic heterocycles. The summed E-state index contributed by atoms with van der Waals surface area (Å²) in [5.74, 6) is -0.561. The normalized spacial score (nSPS) is 11.8. The Hall–Kier alpha value is -2.48. The van der Waals surface area contributed by atoms with Crippen LogP contribution in [0.15, 0.2) is 46.0 Å². The number of nitrogens with zero attached hydrogens (tertiary/aromatic N) is 3. The Labute approximate surface area is 128 Å². The molecule has 0 amide bonds. The van der Waals surface area contributed by atoms with E-state index in [9.17, 15) is 12.8 Å². The number of nitrogen functional groups attached to an aromatic ring is 1. The van der Waals surface area contributed by atoms with E-state index in [1.807, 2.05) is 0 Å². The molecule has 2 N–H and O–H groups in total. The van der Waals surface area contributed by atoms with E-state index >= 15 is 0 Å². The van der Waals surface area contributed by atoms with E-state index in [1.54, 1.807) is 14.1 Å². The number of nitrogens with two attached hydrogens (primary N) is 1. The van der Waals surface area contributed by atoms with E-state index in [1.165, 1.54) is 41.7 Å². The van der Waals surface area contributed by atoms with Crippen molar-refractivity contribution in [3.8, 4) is 11.1 Å². The molecule has 0 radical (unpaired) electrons. The fourth-order valence-electron chi connectivity index (χ4n) is 1.76. The van der Waals surface area contributed by atoms with E-state index in [0.29, 0.717) is 5.56 Å². The maximum Gasteiger partial charge on any atom is 0.284 e. The Bertz CT molecular complexity index is 819. The SMILES string of the molecule is CN(C)C=NS(=O)(=O)c1cc(N)ccc1-c1cncc(F)c1. The molecule has 1 heterocycles. The van der Waals surface area contributed by atoms with Crippen LogP contribution in [0.2, 0.25) is 0 Å². The highest BCUT2D eigenvalue weighted by atomic mass is 32.2. The largest absolute Gasteiger partial charge is 0.399 e. The number of halogens is 1. The average molecular weight is 322 g/mol. The highest BCUT2D eigenvalue weighted by Gasteiger charge is 2.19. The van der Waals surface area contributed by atoms with Crippen LogP contribution in [0, 0.1) is 5.82 Å². The summed E-state index contributed by atoms with van der Waals surface area (Å²) in [6.07, 6.45) is 3.59. The van der Waals surface area contributed by atoms with Crippen LogP contribution in [0.1, 0.15) is 0 Å². The summed E-state index contributed by atoms with van der Waals surface area (Å²) in [5, 5.41) is 0. The number of hydrogen-bond acceptors (Lipinski definition) is 4. The highest BCUT2D eigenvalue weighted by molar-refractivity contribution is 7.90. The monoisotopic (exact) mass is 322 g/mol. The number of benzene rings is 1. The maximum atomic E-state index is 13.3. The van der Waals surface area contributed by atoms with Crippen molar-refractivity contribution in [3.05, 3.63) is 42.5 Å². The van der Waals surface area contributed by atoms with Crippen LogP contribution in [0.4, 0.5) is 10.1 Å². The van der Waals surface area contributed by atoms with Crippen molar-refractivity contribution in [2.24, 2.45) is 4.40 Å².